The number of ether oxygens (including phenoxy) is 1. The zero-order chi connectivity index (χ0) is 20.1. The second-order valence-electron chi connectivity index (χ2n) is 8.34. The van der Waals surface area contributed by atoms with E-state index < -0.39 is 0 Å². The fourth-order valence-corrected chi connectivity index (χ4v) is 4.60. The molecule has 3 heterocycles. The van der Waals surface area contributed by atoms with E-state index in [-0.39, 0.29) is 11.9 Å². The zero-order valence-corrected chi connectivity index (χ0v) is 17.2. The monoisotopic (exact) mass is 397 g/mol. The average Bonchev–Trinajstić information content (AvgIpc) is 3.17. The highest BCUT2D eigenvalue weighted by atomic mass is 16.5. The number of nitrogens with one attached hydrogen (secondary N) is 1. The van der Waals surface area contributed by atoms with Gasteiger partial charge in [0.25, 0.3) is 5.91 Å². The molecule has 1 N–H and O–H groups in total. The van der Waals surface area contributed by atoms with Crippen LogP contribution in [0.5, 0.6) is 0 Å². The molecule has 2 fully saturated rings. The Bertz CT molecular complexity index is 795. The maximum absolute atomic E-state index is 13.1. The van der Waals surface area contributed by atoms with Crippen molar-refractivity contribution in [1.29, 1.82) is 0 Å². The first-order valence-electron chi connectivity index (χ1n) is 10.9. The molecular weight excluding hydrogens is 366 g/mol. The highest BCUT2D eigenvalue weighted by Crippen LogP contribution is 2.31. The smallest absolute Gasteiger partial charge is 0.270 e. The molecule has 2 aromatic heterocycles. The normalized spacial score (nSPS) is 19.8. The molecule has 7 heteroatoms. The van der Waals surface area contributed by atoms with Crippen LogP contribution < -0.4 is 5.32 Å². The number of aromatic nitrogens is 4. The molecule has 2 aromatic rings. The molecule has 0 radical (unpaired) electrons. The molecule has 0 aromatic carbocycles. The van der Waals surface area contributed by atoms with E-state index in [4.69, 9.17) is 4.74 Å². The van der Waals surface area contributed by atoms with Crippen LogP contribution in [0.4, 0.5) is 0 Å². The van der Waals surface area contributed by atoms with E-state index >= 15 is 0 Å². The summed E-state index contributed by atoms with van der Waals surface area (Å²) in [5, 5.41) is 7.82. The highest BCUT2D eigenvalue weighted by Gasteiger charge is 2.26. The highest BCUT2D eigenvalue weighted by molar-refractivity contribution is 5.92. The van der Waals surface area contributed by atoms with Crippen LogP contribution in [0, 0.1) is 5.92 Å². The molecule has 1 saturated heterocycles. The third kappa shape index (κ3) is 5.01. The van der Waals surface area contributed by atoms with Crippen molar-refractivity contribution in [3.05, 3.63) is 41.7 Å². The lowest BCUT2D eigenvalue weighted by Crippen LogP contribution is -2.32. The number of amides is 1. The van der Waals surface area contributed by atoms with Gasteiger partial charge in [-0.05, 0) is 37.3 Å². The van der Waals surface area contributed by atoms with Gasteiger partial charge in [-0.15, -0.1) is 0 Å². The Labute approximate surface area is 172 Å². The second-order valence-corrected chi connectivity index (χ2v) is 8.34. The Morgan fingerprint density at radius 2 is 1.90 bits per heavy atom. The molecule has 4 rings (SSSR count). The van der Waals surface area contributed by atoms with Crippen molar-refractivity contribution in [3.63, 3.8) is 0 Å². The van der Waals surface area contributed by atoms with E-state index in [9.17, 15) is 4.79 Å². The lowest BCUT2D eigenvalue weighted by Gasteiger charge is -2.26. The van der Waals surface area contributed by atoms with Gasteiger partial charge >= 0.3 is 0 Å². The summed E-state index contributed by atoms with van der Waals surface area (Å²) in [6.45, 7) is 1.52. The van der Waals surface area contributed by atoms with Crippen molar-refractivity contribution in [3.8, 4) is 0 Å². The molecule has 1 amide bonds. The predicted molar refractivity (Wildman–Crippen MR) is 109 cm³/mol. The molecule has 1 unspecified atom stereocenters. The molecule has 7 nitrogen and oxygen atoms in total. The van der Waals surface area contributed by atoms with Crippen LogP contribution in [-0.2, 0) is 11.8 Å². The SMILES string of the molecule is Cn1nc(C2CCOCC2)cc1C(=O)NC(CC1CCCCC1)c1ncccn1. The summed E-state index contributed by atoms with van der Waals surface area (Å²) in [7, 11) is 1.84. The summed E-state index contributed by atoms with van der Waals surface area (Å²) in [5.74, 6) is 1.57. The minimum Gasteiger partial charge on any atom is -0.381 e. The van der Waals surface area contributed by atoms with Crippen molar-refractivity contribution in [1.82, 2.24) is 25.1 Å². The van der Waals surface area contributed by atoms with Gasteiger partial charge in [0.2, 0.25) is 0 Å². The van der Waals surface area contributed by atoms with E-state index in [1.165, 1.54) is 32.1 Å². The number of carbonyl (C=O) groups excluding carboxylic acids is 1. The molecule has 2 aliphatic rings. The topological polar surface area (TPSA) is 81.9 Å². The Morgan fingerprint density at radius 1 is 1.17 bits per heavy atom. The first-order valence-corrected chi connectivity index (χ1v) is 10.9. The third-order valence-corrected chi connectivity index (χ3v) is 6.27. The summed E-state index contributed by atoms with van der Waals surface area (Å²) in [4.78, 5) is 22.0. The van der Waals surface area contributed by atoms with Crippen molar-refractivity contribution in [2.75, 3.05) is 13.2 Å². The van der Waals surface area contributed by atoms with Crippen LogP contribution in [0.2, 0.25) is 0 Å². The third-order valence-electron chi connectivity index (χ3n) is 6.27. The van der Waals surface area contributed by atoms with Crippen LogP contribution in [0.1, 0.15) is 85.3 Å². The van der Waals surface area contributed by atoms with Gasteiger partial charge in [-0.1, -0.05) is 32.1 Å². The van der Waals surface area contributed by atoms with Crippen LogP contribution in [0.25, 0.3) is 0 Å². The molecule has 1 atom stereocenters. The summed E-state index contributed by atoms with van der Waals surface area (Å²) < 4.78 is 7.15. The van der Waals surface area contributed by atoms with Gasteiger partial charge in [0.1, 0.15) is 11.5 Å². The van der Waals surface area contributed by atoms with Crippen LogP contribution in [0.15, 0.2) is 24.5 Å². The number of rotatable bonds is 6. The number of hydrogen-bond donors (Lipinski definition) is 1. The quantitative estimate of drug-likeness (QED) is 0.806. The summed E-state index contributed by atoms with van der Waals surface area (Å²) in [6.07, 6.45) is 12.6. The van der Waals surface area contributed by atoms with Gasteiger partial charge in [0.05, 0.1) is 11.7 Å². The van der Waals surface area contributed by atoms with E-state index in [1.807, 2.05) is 19.2 Å². The number of hydrogen-bond acceptors (Lipinski definition) is 5. The Hall–Kier alpha value is -2.28. The molecule has 1 aliphatic carbocycles. The average molecular weight is 398 g/mol. The van der Waals surface area contributed by atoms with Gasteiger partial charge in [-0.2, -0.15) is 5.10 Å². The van der Waals surface area contributed by atoms with Gasteiger partial charge < -0.3 is 10.1 Å². The van der Waals surface area contributed by atoms with Crippen LogP contribution in [0.3, 0.4) is 0 Å². The predicted octanol–water partition coefficient (Wildman–Crippen LogP) is 3.55. The van der Waals surface area contributed by atoms with E-state index in [0.717, 1.165) is 38.2 Å². The number of aryl methyl sites for hydroxylation is 1. The summed E-state index contributed by atoms with van der Waals surface area (Å²) in [5.41, 5.74) is 1.58. The van der Waals surface area contributed by atoms with Crippen LogP contribution >= 0.6 is 0 Å². The van der Waals surface area contributed by atoms with Gasteiger partial charge in [-0.3, -0.25) is 9.48 Å². The molecule has 0 bridgehead atoms. The molecule has 1 aliphatic heterocycles. The first-order chi connectivity index (χ1) is 14.2. The maximum Gasteiger partial charge on any atom is 0.270 e. The fourth-order valence-electron chi connectivity index (χ4n) is 4.60. The molecular formula is C22H31N5O2. The summed E-state index contributed by atoms with van der Waals surface area (Å²) >= 11 is 0. The van der Waals surface area contributed by atoms with Gasteiger partial charge in [0.15, 0.2) is 0 Å². The lowest BCUT2D eigenvalue weighted by molar-refractivity contribution is 0.0844. The largest absolute Gasteiger partial charge is 0.381 e. The van der Waals surface area contributed by atoms with Crippen molar-refractivity contribution < 1.29 is 9.53 Å². The molecule has 29 heavy (non-hydrogen) atoms. The van der Waals surface area contributed by atoms with E-state index in [0.29, 0.717) is 23.4 Å². The van der Waals surface area contributed by atoms with Gasteiger partial charge in [0, 0.05) is 38.6 Å². The van der Waals surface area contributed by atoms with E-state index in [1.54, 1.807) is 17.1 Å². The first kappa shape index (κ1) is 20.0. The minimum absolute atomic E-state index is 0.105. The van der Waals surface area contributed by atoms with Crippen LogP contribution in [-0.4, -0.2) is 38.9 Å². The molecule has 156 valence electrons. The van der Waals surface area contributed by atoms with Crippen molar-refractivity contribution in [2.45, 2.75) is 63.3 Å². The van der Waals surface area contributed by atoms with E-state index in [2.05, 4.69) is 20.4 Å². The van der Waals surface area contributed by atoms with Crippen molar-refractivity contribution in [2.24, 2.45) is 13.0 Å². The lowest BCUT2D eigenvalue weighted by atomic mass is 9.84. The minimum atomic E-state index is -0.173. The molecule has 0 spiro atoms. The standard InChI is InChI=1S/C22H31N5O2/c1-27-20(15-18(26-27)17-8-12-29-13-9-17)22(28)25-19(21-23-10-5-11-24-21)14-16-6-3-2-4-7-16/h5,10-11,15-17,19H,2-4,6-9,12-14H2,1H3,(H,25,28). The molecule has 1 saturated carbocycles. The second kappa shape index (κ2) is 9.48. The Balaban J connectivity index is 1.49. The number of carbonyl (C=O) groups is 1. The summed E-state index contributed by atoms with van der Waals surface area (Å²) in [6, 6.07) is 3.58. The zero-order valence-electron chi connectivity index (χ0n) is 17.2. The Morgan fingerprint density at radius 3 is 2.62 bits per heavy atom. The maximum atomic E-state index is 13.1. The van der Waals surface area contributed by atoms with Gasteiger partial charge in [-0.25, -0.2) is 9.97 Å². The fraction of sp³-hybridized carbons (Fsp3) is 0.636. The van der Waals surface area contributed by atoms with Crippen molar-refractivity contribution >= 4 is 5.91 Å². The number of nitrogens with zero attached hydrogens (tertiary/aromatic N) is 4. The Kier molecular flexibility index (Phi) is 6.54.